The molecule has 0 aliphatic heterocycles. The highest BCUT2D eigenvalue weighted by molar-refractivity contribution is 7.89. The van der Waals surface area contributed by atoms with Crippen LogP contribution in [0.25, 0.3) is 0 Å². The molecule has 0 saturated carbocycles. The van der Waals surface area contributed by atoms with Crippen LogP contribution in [-0.4, -0.2) is 8.42 Å². The van der Waals surface area contributed by atoms with Crippen molar-refractivity contribution in [2.75, 3.05) is 0 Å². The first-order valence-electron chi connectivity index (χ1n) is 3.58. The number of benzene rings is 1. The van der Waals surface area contributed by atoms with Gasteiger partial charge in [-0.3, -0.25) is 5.84 Å². The van der Waals surface area contributed by atoms with Crippen molar-refractivity contribution in [3.63, 3.8) is 0 Å². The van der Waals surface area contributed by atoms with E-state index < -0.39 is 16.4 Å². The Hall–Kier alpha value is -1.05. The molecule has 0 saturated heterocycles. The Bertz CT molecular complexity index is 419. The molecule has 4 nitrogen and oxygen atoms in total. The van der Waals surface area contributed by atoms with E-state index in [2.05, 4.69) is 0 Å². The molecule has 7 heteroatoms. The van der Waals surface area contributed by atoms with E-state index in [4.69, 9.17) is 5.84 Å². The standard InChI is InChI=1S/C7H8F2N2O2S/c8-7(9)5-2-1-3-6(4-5)14(12,13)11-10/h1-4,7,11H,10H2. The molecule has 0 aliphatic carbocycles. The first kappa shape index (κ1) is 11.0. The summed E-state index contributed by atoms with van der Waals surface area (Å²) < 4.78 is 46.6. The van der Waals surface area contributed by atoms with E-state index in [-0.39, 0.29) is 10.5 Å². The molecule has 1 rings (SSSR count). The van der Waals surface area contributed by atoms with Gasteiger partial charge in [0.25, 0.3) is 16.4 Å². The van der Waals surface area contributed by atoms with Crippen molar-refractivity contribution in [2.24, 2.45) is 5.84 Å². The van der Waals surface area contributed by atoms with Crippen LogP contribution in [0.5, 0.6) is 0 Å². The van der Waals surface area contributed by atoms with Gasteiger partial charge < -0.3 is 0 Å². The van der Waals surface area contributed by atoms with Crippen molar-refractivity contribution in [3.8, 4) is 0 Å². The van der Waals surface area contributed by atoms with E-state index in [1.54, 1.807) is 4.83 Å². The smallest absolute Gasteiger partial charge is 0.257 e. The second kappa shape index (κ2) is 3.99. The number of hydrogen-bond acceptors (Lipinski definition) is 3. The molecule has 0 aromatic heterocycles. The van der Waals surface area contributed by atoms with E-state index in [0.29, 0.717) is 0 Å². The molecule has 78 valence electrons. The molecule has 0 fully saturated rings. The minimum absolute atomic E-state index is 0.280. The normalized spacial score (nSPS) is 12.0. The van der Waals surface area contributed by atoms with E-state index in [9.17, 15) is 17.2 Å². The van der Waals surface area contributed by atoms with Crippen LogP contribution in [-0.2, 0) is 10.0 Å². The fraction of sp³-hybridized carbons (Fsp3) is 0.143. The highest BCUT2D eigenvalue weighted by Crippen LogP contribution is 2.21. The third-order valence-electron chi connectivity index (χ3n) is 1.58. The molecule has 0 bridgehead atoms. The van der Waals surface area contributed by atoms with E-state index >= 15 is 0 Å². The number of rotatable bonds is 3. The average molecular weight is 222 g/mol. The fourth-order valence-electron chi connectivity index (χ4n) is 0.885. The van der Waals surface area contributed by atoms with Crippen molar-refractivity contribution < 1.29 is 17.2 Å². The zero-order chi connectivity index (χ0) is 10.8. The molecule has 0 atom stereocenters. The summed E-state index contributed by atoms with van der Waals surface area (Å²) in [6.07, 6.45) is -2.71. The number of halogens is 2. The van der Waals surface area contributed by atoms with Gasteiger partial charge in [0.15, 0.2) is 0 Å². The molecule has 1 aromatic rings. The topological polar surface area (TPSA) is 72.2 Å². The summed E-state index contributed by atoms with van der Waals surface area (Å²) in [5, 5.41) is 0. The number of hydrazine groups is 1. The van der Waals surface area contributed by atoms with Crippen LogP contribution in [0.3, 0.4) is 0 Å². The molecule has 0 spiro atoms. The highest BCUT2D eigenvalue weighted by atomic mass is 32.2. The molecular formula is C7H8F2N2O2S. The minimum Gasteiger partial charge on any atom is -0.257 e. The summed E-state index contributed by atoms with van der Waals surface area (Å²) in [5.74, 6) is 4.74. The predicted molar refractivity (Wildman–Crippen MR) is 45.9 cm³/mol. The number of nitrogens with two attached hydrogens (primary N) is 1. The lowest BCUT2D eigenvalue weighted by atomic mass is 10.2. The number of nitrogens with one attached hydrogen (secondary N) is 1. The van der Waals surface area contributed by atoms with Crippen molar-refractivity contribution in [1.29, 1.82) is 0 Å². The van der Waals surface area contributed by atoms with Gasteiger partial charge in [0, 0.05) is 5.56 Å². The van der Waals surface area contributed by atoms with Crippen LogP contribution in [0.2, 0.25) is 0 Å². The lowest BCUT2D eigenvalue weighted by molar-refractivity contribution is 0.151. The lowest BCUT2D eigenvalue weighted by Crippen LogP contribution is -2.30. The van der Waals surface area contributed by atoms with E-state index in [1.807, 2.05) is 0 Å². The maximum atomic E-state index is 12.2. The second-order valence-corrected chi connectivity index (χ2v) is 4.21. The average Bonchev–Trinajstić information content (AvgIpc) is 2.18. The molecule has 0 heterocycles. The number of sulfonamides is 1. The Morgan fingerprint density at radius 1 is 1.36 bits per heavy atom. The highest BCUT2D eigenvalue weighted by Gasteiger charge is 2.14. The van der Waals surface area contributed by atoms with Gasteiger partial charge in [0.1, 0.15) is 0 Å². The Morgan fingerprint density at radius 2 is 2.00 bits per heavy atom. The zero-order valence-corrected chi connectivity index (χ0v) is 7.76. The summed E-state index contributed by atoms with van der Waals surface area (Å²) >= 11 is 0. The molecular weight excluding hydrogens is 214 g/mol. The van der Waals surface area contributed by atoms with Gasteiger partial charge in [-0.1, -0.05) is 12.1 Å². The van der Waals surface area contributed by atoms with Gasteiger partial charge in [-0.2, -0.15) is 4.83 Å². The number of alkyl halides is 2. The van der Waals surface area contributed by atoms with Gasteiger partial charge in [-0.05, 0) is 12.1 Å². The van der Waals surface area contributed by atoms with E-state index in [0.717, 1.165) is 12.1 Å². The molecule has 1 aromatic carbocycles. The largest absolute Gasteiger partial charge is 0.263 e. The maximum absolute atomic E-state index is 12.2. The van der Waals surface area contributed by atoms with Gasteiger partial charge in [0.05, 0.1) is 4.90 Å². The zero-order valence-electron chi connectivity index (χ0n) is 6.94. The Kier molecular flexibility index (Phi) is 3.14. The van der Waals surface area contributed by atoms with Crippen LogP contribution in [0.15, 0.2) is 29.2 Å². The SMILES string of the molecule is NNS(=O)(=O)c1cccc(C(F)F)c1. The first-order valence-corrected chi connectivity index (χ1v) is 5.06. The first-order chi connectivity index (χ1) is 6.47. The number of hydrogen-bond donors (Lipinski definition) is 2. The van der Waals surface area contributed by atoms with Gasteiger partial charge in [-0.15, -0.1) is 0 Å². The quantitative estimate of drug-likeness (QED) is 0.586. The Balaban J connectivity index is 3.19. The van der Waals surface area contributed by atoms with Crippen molar-refractivity contribution in [2.45, 2.75) is 11.3 Å². The van der Waals surface area contributed by atoms with Crippen molar-refractivity contribution in [3.05, 3.63) is 29.8 Å². The summed E-state index contributed by atoms with van der Waals surface area (Å²) in [6, 6.07) is 4.42. The fourth-order valence-corrected chi connectivity index (χ4v) is 1.57. The Labute approximate surface area is 79.7 Å². The monoisotopic (exact) mass is 222 g/mol. The summed E-state index contributed by atoms with van der Waals surface area (Å²) in [5.41, 5.74) is -0.360. The third-order valence-corrected chi connectivity index (χ3v) is 2.76. The van der Waals surface area contributed by atoms with Crippen molar-refractivity contribution in [1.82, 2.24) is 4.83 Å². The molecule has 0 radical (unpaired) electrons. The van der Waals surface area contributed by atoms with Gasteiger partial charge in [0.2, 0.25) is 0 Å². The minimum atomic E-state index is -3.86. The Morgan fingerprint density at radius 3 is 2.50 bits per heavy atom. The maximum Gasteiger partial charge on any atom is 0.263 e. The summed E-state index contributed by atoms with van der Waals surface area (Å²) in [6.45, 7) is 0. The molecule has 14 heavy (non-hydrogen) atoms. The molecule has 0 unspecified atom stereocenters. The predicted octanol–water partition coefficient (Wildman–Crippen LogP) is 0.776. The van der Waals surface area contributed by atoms with Crippen LogP contribution >= 0.6 is 0 Å². The van der Waals surface area contributed by atoms with E-state index in [1.165, 1.54) is 12.1 Å². The molecule has 0 amide bonds. The second-order valence-electron chi connectivity index (χ2n) is 2.49. The van der Waals surface area contributed by atoms with Gasteiger partial charge in [-0.25, -0.2) is 17.2 Å². The third kappa shape index (κ3) is 2.25. The van der Waals surface area contributed by atoms with Crippen LogP contribution in [0.1, 0.15) is 12.0 Å². The molecule has 3 N–H and O–H groups in total. The van der Waals surface area contributed by atoms with Crippen molar-refractivity contribution >= 4 is 10.0 Å². The lowest BCUT2D eigenvalue weighted by Gasteiger charge is -2.04. The summed E-state index contributed by atoms with van der Waals surface area (Å²) in [4.78, 5) is 1.27. The van der Waals surface area contributed by atoms with Crippen LogP contribution in [0, 0.1) is 0 Å². The summed E-state index contributed by atoms with van der Waals surface area (Å²) in [7, 11) is -3.86. The van der Waals surface area contributed by atoms with Gasteiger partial charge >= 0.3 is 0 Å². The molecule has 0 aliphatic rings. The van der Waals surface area contributed by atoms with Crippen LogP contribution in [0.4, 0.5) is 8.78 Å². The van der Waals surface area contributed by atoms with Crippen LogP contribution < -0.4 is 10.7 Å².